The lowest BCUT2D eigenvalue weighted by Crippen LogP contribution is -1.97. The highest BCUT2D eigenvalue weighted by atomic mass is 16.6. The molecule has 0 spiro atoms. The van der Waals surface area contributed by atoms with Crippen LogP contribution in [0, 0.1) is 24.0 Å². The predicted molar refractivity (Wildman–Crippen MR) is 48.4 cm³/mol. The number of aromatic nitrogens is 2. The zero-order valence-electron chi connectivity index (χ0n) is 7.80. The Morgan fingerprint density at radius 1 is 1.57 bits per heavy atom. The van der Waals surface area contributed by atoms with Crippen molar-refractivity contribution in [3.05, 3.63) is 27.8 Å². The zero-order valence-corrected chi connectivity index (χ0v) is 7.80. The van der Waals surface area contributed by atoms with E-state index in [0.717, 1.165) is 0 Å². The lowest BCUT2D eigenvalue weighted by molar-refractivity contribution is -0.386. The lowest BCUT2D eigenvalue weighted by atomic mass is 10.4. The molecule has 0 fully saturated rings. The van der Waals surface area contributed by atoms with Gasteiger partial charge in [-0.2, -0.15) is 0 Å². The number of aryl methyl sites for hydroxylation is 2. The molecular weight excluding hydrogens is 188 g/mol. The molecule has 1 rings (SSSR count). The lowest BCUT2D eigenvalue weighted by Gasteiger charge is -1.94. The molecule has 0 unspecified atom stereocenters. The van der Waals surface area contributed by atoms with Crippen LogP contribution >= 0.6 is 0 Å². The number of primary amides is 1. The van der Waals surface area contributed by atoms with Crippen LogP contribution in [0.15, 0.2) is 6.20 Å². The van der Waals surface area contributed by atoms with Gasteiger partial charge in [-0.3, -0.25) is 14.9 Å². The molecule has 76 valence electrons. The molecule has 0 aliphatic carbocycles. The van der Waals surface area contributed by atoms with Gasteiger partial charge in [-0.15, -0.1) is 0 Å². The first-order chi connectivity index (χ1) is 6.52. The summed E-state index contributed by atoms with van der Waals surface area (Å²) in [6.45, 7) is 3.28. The topological polar surface area (TPSA) is 112 Å². The minimum absolute atomic E-state index is 0.0319. The summed E-state index contributed by atoms with van der Waals surface area (Å²) in [5.41, 5.74) is 4.54. The van der Waals surface area contributed by atoms with E-state index in [1.807, 2.05) is 0 Å². The van der Waals surface area contributed by atoms with E-state index < -0.39 is 4.92 Å². The number of nitrogens with two attached hydrogens (primary N) is 1. The van der Waals surface area contributed by atoms with Gasteiger partial charge in [0.1, 0.15) is 17.7 Å². The van der Waals surface area contributed by atoms with E-state index in [1.165, 1.54) is 6.20 Å². The van der Waals surface area contributed by atoms with Gasteiger partial charge >= 0.3 is 5.69 Å². The van der Waals surface area contributed by atoms with Crippen molar-refractivity contribution in [1.82, 2.24) is 9.97 Å². The van der Waals surface area contributed by atoms with Crippen LogP contribution in [0.4, 0.5) is 5.69 Å². The third-order valence-electron chi connectivity index (χ3n) is 1.27. The third kappa shape index (κ3) is 3.57. The number of carbonyl (C=O) groups excluding carboxylic acids is 1. The van der Waals surface area contributed by atoms with Crippen LogP contribution in [0.5, 0.6) is 0 Å². The second kappa shape index (κ2) is 5.57. The maximum Gasteiger partial charge on any atom is 0.308 e. The monoisotopic (exact) mass is 198 g/mol. The van der Waals surface area contributed by atoms with Gasteiger partial charge in [0.25, 0.3) is 0 Å². The minimum atomic E-state index is -0.491. The molecular formula is C7H10N4O3. The number of amides is 1. The van der Waals surface area contributed by atoms with Crippen molar-refractivity contribution in [2.24, 2.45) is 5.73 Å². The molecule has 0 aliphatic rings. The van der Waals surface area contributed by atoms with Gasteiger partial charge in [0, 0.05) is 0 Å². The minimum Gasteiger partial charge on any atom is -0.372 e. The summed E-state index contributed by atoms with van der Waals surface area (Å²) in [6, 6.07) is 0. The van der Waals surface area contributed by atoms with Crippen molar-refractivity contribution in [2.45, 2.75) is 13.8 Å². The summed E-state index contributed by atoms with van der Waals surface area (Å²) in [5, 5.41) is 10.3. The molecule has 0 aromatic carbocycles. The van der Waals surface area contributed by atoms with Crippen LogP contribution in [0.3, 0.4) is 0 Å². The number of nitro groups is 1. The maximum absolute atomic E-state index is 10.3. The van der Waals surface area contributed by atoms with Crippen LogP contribution < -0.4 is 5.73 Å². The van der Waals surface area contributed by atoms with Crippen molar-refractivity contribution in [1.29, 1.82) is 0 Å². The van der Waals surface area contributed by atoms with Crippen LogP contribution in [0.25, 0.3) is 0 Å². The molecule has 0 radical (unpaired) electrons. The van der Waals surface area contributed by atoms with Crippen LogP contribution in [-0.2, 0) is 4.79 Å². The van der Waals surface area contributed by atoms with E-state index >= 15 is 0 Å². The van der Waals surface area contributed by atoms with E-state index in [4.69, 9.17) is 4.79 Å². The number of nitrogens with zero attached hydrogens (tertiary/aromatic N) is 3. The Kier molecular flexibility index (Phi) is 4.76. The third-order valence-corrected chi connectivity index (χ3v) is 1.27. The van der Waals surface area contributed by atoms with Gasteiger partial charge in [0.15, 0.2) is 0 Å². The molecule has 0 aliphatic heterocycles. The van der Waals surface area contributed by atoms with E-state index in [-0.39, 0.29) is 12.1 Å². The zero-order chi connectivity index (χ0) is 11.1. The van der Waals surface area contributed by atoms with Crippen LogP contribution in [-0.4, -0.2) is 21.3 Å². The normalized spacial score (nSPS) is 8.43. The van der Waals surface area contributed by atoms with Crippen LogP contribution in [0.1, 0.15) is 11.5 Å². The highest BCUT2D eigenvalue weighted by molar-refractivity contribution is 5.42. The summed E-state index contributed by atoms with van der Waals surface area (Å²) in [6.07, 6.45) is 1.47. The first kappa shape index (κ1) is 11.9. The maximum atomic E-state index is 10.3. The average Bonchev–Trinajstić information content (AvgIpc) is 2.04. The number of hydrogen-bond acceptors (Lipinski definition) is 5. The van der Waals surface area contributed by atoms with Gasteiger partial charge in [-0.25, -0.2) is 9.97 Å². The van der Waals surface area contributed by atoms with Crippen molar-refractivity contribution in [2.75, 3.05) is 0 Å². The Bertz CT molecular complexity index is 340. The highest BCUT2D eigenvalue weighted by Crippen LogP contribution is 2.12. The van der Waals surface area contributed by atoms with Gasteiger partial charge in [0.05, 0.1) is 4.92 Å². The quantitative estimate of drug-likeness (QED) is 0.390. The molecule has 2 N–H and O–H groups in total. The molecule has 0 atom stereocenters. The Hall–Kier alpha value is -2.05. The molecule has 1 aromatic heterocycles. The Morgan fingerprint density at radius 3 is 2.43 bits per heavy atom. The van der Waals surface area contributed by atoms with Gasteiger partial charge in [0.2, 0.25) is 6.41 Å². The van der Waals surface area contributed by atoms with Gasteiger partial charge in [-0.1, -0.05) is 0 Å². The Labute approximate surface area is 80.1 Å². The summed E-state index contributed by atoms with van der Waals surface area (Å²) in [5.74, 6) is 0.549. The van der Waals surface area contributed by atoms with E-state index in [2.05, 4.69) is 15.7 Å². The summed E-state index contributed by atoms with van der Waals surface area (Å²) in [4.78, 5) is 25.9. The molecule has 1 aromatic rings. The first-order valence-corrected chi connectivity index (χ1v) is 3.63. The molecule has 14 heavy (non-hydrogen) atoms. The summed E-state index contributed by atoms with van der Waals surface area (Å²) in [7, 11) is 0. The fourth-order valence-electron chi connectivity index (χ4n) is 0.756. The van der Waals surface area contributed by atoms with Crippen molar-refractivity contribution in [3.8, 4) is 0 Å². The van der Waals surface area contributed by atoms with Gasteiger partial charge < -0.3 is 5.73 Å². The molecule has 7 nitrogen and oxygen atoms in total. The average molecular weight is 198 g/mol. The van der Waals surface area contributed by atoms with Crippen molar-refractivity contribution in [3.63, 3.8) is 0 Å². The second-order valence-corrected chi connectivity index (χ2v) is 2.28. The smallest absolute Gasteiger partial charge is 0.308 e. The fraction of sp³-hybridized carbons (Fsp3) is 0.286. The molecule has 1 amide bonds. The molecule has 1 heterocycles. The second-order valence-electron chi connectivity index (χ2n) is 2.28. The van der Waals surface area contributed by atoms with Crippen molar-refractivity contribution >= 4 is 12.1 Å². The highest BCUT2D eigenvalue weighted by Gasteiger charge is 2.10. The SMILES string of the molecule is Cc1ncc([N+](=O)[O-])c(C)n1.NC=O. The van der Waals surface area contributed by atoms with E-state index in [9.17, 15) is 10.1 Å². The first-order valence-electron chi connectivity index (χ1n) is 3.63. The fourth-order valence-corrected chi connectivity index (χ4v) is 0.756. The van der Waals surface area contributed by atoms with Gasteiger partial charge in [-0.05, 0) is 13.8 Å². The summed E-state index contributed by atoms with van der Waals surface area (Å²) >= 11 is 0. The van der Waals surface area contributed by atoms with Crippen molar-refractivity contribution < 1.29 is 9.72 Å². The predicted octanol–water partition coefficient (Wildman–Crippen LogP) is 0.103. The standard InChI is InChI=1S/C6H7N3O2.CH3NO/c1-4-6(9(10)11)3-7-5(2)8-4;2-1-3/h3H,1-2H3;1H,(H2,2,3). The Morgan fingerprint density at radius 2 is 2.07 bits per heavy atom. The number of rotatable bonds is 1. The molecule has 7 heteroatoms. The number of hydrogen-bond donors (Lipinski definition) is 1. The largest absolute Gasteiger partial charge is 0.372 e. The summed E-state index contributed by atoms with van der Waals surface area (Å²) < 4.78 is 0. The van der Waals surface area contributed by atoms with Crippen LogP contribution in [0.2, 0.25) is 0 Å². The van der Waals surface area contributed by atoms with E-state index in [1.54, 1.807) is 13.8 Å². The molecule has 0 saturated heterocycles. The number of carbonyl (C=O) groups is 1. The molecule has 0 bridgehead atoms. The molecule has 0 saturated carbocycles. The Balaban J connectivity index is 0.000000500. The van der Waals surface area contributed by atoms with E-state index in [0.29, 0.717) is 11.5 Å².